The summed E-state index contributed by atoms with van der Waals surface area (Å²) in [6, 6.07) is 1.74. The fourth-order valence-electron chi connectivity index (χ4n) is 2.22. The molecule has 99 valence electrons. The summed E-state index contributed by atoms with van der Waals surface area (Å²) in [5, 5.41) is 9.77. The molecule has 6 nitrogen and oxygen atoms in total. The fourth-order valence-corrected chi connectivity index (χ4v) is 2.22. The van der Waals surface area contributed by atoms with Gasteiger partial charge in [-0.05, 0) is 18.6 Å². The molecule has 1 N–H and O–H groups in total. The first-order valence-corrected chi connectivity index (χ1v) is 5.93. The molecule has 7 heteroatoms. The van der Waals surface area contributed by atoms with Gasteiger partial charge in [0.15, 0.2) is 0 Å². The second kappa shape index (κ2) is 5.83. The average molecular weight is 337 g/mol. The standard InChI is InChI=1S/C12H14N3O3.Y/c1-2-9-8(16)7-11(18-9)15-5-3-10-13-4-6-14(10)12(15)17;/h3-9,11,16H,2H2,1H3;/q-1;. The van der Waals surface area contributed by atoms with E-state index in [0.717, 1.165) is 0 Å². The number of aromatic nitrogens is 3. The molecule has 0 bridgehead atoms. The summed E-state index contributed by atoms with van der Waals surface area (Å²) < 4.78 is 8.54. The van der Waals surface area contributed by atoms with E-state index in [1.54, 1.807) is 31.1 Å². The van der Waals surface area contributed by atoms with E-state index in [1.165, 1.54) is 8.97 Å². The van der Waals surface area contributed by atoms with Crippen molar-refractivity contribution in [1.29, 1.82) is 0 Å². The topological polar surface area (TPSA) is 68.8 Å². The molecule has 2 aromatic heterocycles. The summed E-state index contributed by atoms with van der Waals surface area (Å²) in [7, 11) is 0. The summed E-state index contributed by atoms with van der Waals surface area (Å²) >= 11 is 0. The minimum absolute atomic E-state index is 0. The Morgan fingerprint density at radius 2 is 2.32 bits per heavy atom. The van der Waals surface area contributed by atoms with E-state index in [1.807, 2.05) is 6.92 Å². The molecule has 1 fully saturated rings. The van der Waals surface area contributed by atoms with E-state index < -0.39 is 12.3 Å². The van der Waals surface area contributed by atoms with E-state index in [0.29, 0.717) is 12.1 Å². The van der Waals surface area contributed by atoms with E-state index in [2.05, 4.69) is 4.98 Å². The molecule has 3 atom stereocenters. The van der Waals surface area contributed by atoms with Crippen LogP contribution in [-0.2, 0) is 37.4 Å². The minimum Gasteiger partial charge on any atom is -0.422 e. The molecule has 0 aromatic carbocycles. The summed E-state index contributed by atoms with van der Waals surface area (Å²) in [6.45, 7) is 1.94. The summed E-state index contributed by atoms with van der Waals surface area (Å²) in [5.74, 6) is 0. The molecule has 2 aromatic rings. The van der Waals surface area contributed by atoms with Crippen LogP contribution in [0.3, 0.4) is 0 Å². The Hall–Kier alpha value is -0.556. The SMILES string of the molecule is CCC1OC(n2ccc3nccn3c2=O)[CH-]C1O.[Y]. The molecule has 0 amide bonds. The number of imidazole rings is 1. The van der Waals surface area contributed by atoms with Crippen LogP contribution in [0, 0.1) is 6.42 Å². The van der Waals surface area contributed by atoms with Gasteiger partial charge in [-0.3, -0.25) is 4.40 Å². The number of aliphatic hydroxyl groups is 1. The molecule has 1 aliphatic heterocycles. The smallest absolute Gasteiger partial charge is 0.333 e. The molecule has 0 spiro atoms. The molecule has 1 saturated heterocycles. The monoisotopic (exact) mass is 337 g/mol. The Morgan fingerprint density at radius 3 is 3.00 bits per heavy atom. The zero-order valence-corrected chi connectivity index (χ0v) is 13.3. The molecule has 0 saturated carbocycles. The zero-order chi connectivity index (χ0) is 12.7. The van der Waals surface area contributed by atoms with Crippen LogP contribution in [0.25, 0.3) is 5.65 Å². The normalized spacial score (nSPS) is 26.5. The van der Waals surface area contributed by atoms with Crippen molar-refractivity contribution in [3.63, 3.8) is 0 Å². The van der Waals surface area contributed by atoms with Gasteiger partial charge in [0.25, 0.3) is 0 Å². The van der Waals surface area contributed by atoms with Gasteiger partial charge in [0.1, 0.15) is 5.65 Å². The van der Waals surface area contributed by atoms with Crippen molar-refractivity contribution >= 4 is 5.65 Å². The Labute approximate surface area is 135 Å². The van der Waals surface area contributed by atoms with E-state index in [-0.39, 0.29) is 44.5 Å². The first-order valence-electron chi connectivity index (χ1n) is 5.93. The molecule has 1 aliphatic rings. The maximum atomic E-state index is 12.2. The molecule has 3 heterocycles. The zero-order valence-electron chi connectivity index (χ0n) is 10.5. The number of hydrogen-bond donors (Lipinski definition) is 1. The van der Waals surface area contributed by atoms with Gasteiger partial charge in [-0.1, -0.05) is 6.92 Å². The molecular formula is C12H14N3O3Y-. The maximum absolute atomic E-state index is 12.2. The van der Waals surface area contributed by atoms with Gasteiger partial charge in [0, 0.05) is 57.5 Å². The van der Waals surface area contributed by atoms with Gasteiger partial charge in [0.05, 0.1) is 6.10 Å². The Morgan fingerprint density at radius 1 is 1.53 bits per heavy atom. The number of nitrogens with zero attached hydrogens (tertiary/aromatic N) is 3. The molecule has 1 radical (unpaired) electrons. The number of aliphatic hydroxyl groups excluding tert-OH is 1. The Balaban J connectivity index is 0.00000133. The predicted octanol–water partition coefficient (Wildman–Crippen LogP) is 0.366. The third-order valence-corrected chi connectivity index (χ3v) is 3.21. The van der Waals surface area contributed by atoms with Crippen molar-refractivity contribution < 1.29 is 42.6 Å². The van der Waals surface area contributed by atoms with Crippen molar-refractivity contribution in [1.82, 2.24) is 14.0 Å². The molecule has 3 unspecified atom stereocenters. The maximum Gasteiger partial charge on any atom is 0.333 e. The van der Waals surface area contributed by atoms with Crippen LogP contribution in [0.2, 0.25) is 0 Å². The van der Waals surface area contributed by atoms with Crippen LogP contribution < -0.4 is 5.69 Å². The van der Waals surface area contributed by atoms with E-state index >= 15 is 0 Å². The van der Waals surface area contributed by atoms with Gasteiger partial charge in [-0.15, -0.1) is 0 Å². The molecular weight excluding hydrogens is 323 g/mol. The Kier molecular flexibility index (Phi) is 4.56. The molecule has 0 aliphatic carbocycles. The van der Waals surface area contributed by atoms with Crippen molar-refractivity contribution in [3.8, 4) is 0 Å². The minimum atomic E-state index is -0.634. The van der Waals surface area contributed by atoms with Crippen LogP contribution in [0.4, 0.5) is 0 Å². The molecule has 19 heavy (non-hydrogen) atoms. The van der Waals surface area contributed by atoms with Crippen molar-refractivity contribution in [3.05, 3.63) is 41.6 Å². The number of hydrogen-bond acceptors (Lipinski definition) is 4. The quantitative estimate of drug-likeness (QED) is 0.804. The van der Waals surface area contributed by atoms with E-state index in [9.17, 15) is 9.90 Å². The third-order valence-electron chi connectivity index (χ3n) is 3.21. The number of fused-ring (bicyclic) bond motifs is 1. The summed E-state index contributed by atoms with van der Waals surface area (Å²) in [4.78, 5) is 16.2. The summed E-state index contributed by atoms with van der Waals surface area (Å²) in [5.41, 5.74) is 0.372. The summed E-state index contributed by atoms with van der Waals surface area (Å²) in [6.07, 6.45) is 5.75. The number of ether oxygens (including phenoxy) is 1. The third kappa shape index (κ3) is 2.54. The second-order valence-electron chi connectivity index (χ2n) is 4.32. The second-order valence-corrected chi connectivity index (χ2v) is 4.32. The van der Waals surface area contributed by atoms with Crippen LogP contribution in [-0.4, -0.2) is 31.3 Å². The first-order chi connectivity index (χ1) is 8.70. The van der Waals surface area contributed by atoms with Gasteiger partial charge in [-0.25, -0.2) is 16.2 Å². The van der Waals surface area contributed by atoms with Gasteiger partial charge < -0.3 is 14.4 Å². The van der Waals surface area contributed by atoms with Crippen LogP contribution >= 0.6 is 0 Å². The molecule has 3 rings (SSSR count). The number of rotatable bonds is 2. The van der Waals surface area contributed by atoms with Crippen molar-refractivity contribution in [2.75, 3.05) is 0 Å². The van der Waals surface area contributed by atoms with Crippen LogP contribution in [0.5, 0.6) is 0 Å². The van der Waals surface area contributed by atoms with Crippen molar-refractivity contribution in [2.45, 2.75) is 31.8 Å². The van der Waals surface area contributed by atoms with Crippen molar-refractivity contribution in [2.24, 2.45) is 0 Å². The predicted molar refractivity (Wildman–Crippen MR) is 64.0 cm³/mol. The van der Waals surface area contributed by atoms with Gasteiger partial charge in [-0.2, -0.15) is 0 Å². The fraction of sp³-hybridized carbons (Fsp3) is 0.417. The average Bonchev–Trinajstić information content (AvgIpc) is 2.96. The largest absolute Gasteiger partial charge is 0.422 e. The van der Waals surface area contributed by atoms with E-state index in [4.69, 9.17) is 4.74 Å². The van der Waals surface area contributed by atoms with Gasteiger partial charge >= 0.3 is 5.69 Å². The Bertz CT molecular complexity index is 624. The van der Waals surface area contributed by atoms with Crippen LogP contribution in [0.1, 0.15) is 19.6 Å². The van der Waals surface area contributed by atoms with Gasteiger partial charge in [0.2, 0.25) is 0 Å². The first kappa shape index (κ1) is 14.8. The van der Waals surface area contributed by atoms with Crippen LogP contribution in [0.15, 0.2) is 29.5 Å².